The highest BCUT2D eigenvalue weighted by Gasteiger charge is 2.34. The van der Waals surface area contributed by atoms with Gasteiger partial charge < -0.3 is 4.42 Å². The summed E-state index contributed by atoms with van der Waals surface area (Å²) in [7, 11) is -3.36. The van der Waals surface area contributed by atoms with Gasteiger partial charge in [-0.05, 0) is 36.6 Å². The molecule has 0 radical (unpaired) electrons. The minimum atomic E-state index is -3.36. The highest BCUT2D eigenvalue weighted by Crippen LogP contribution is 2.39. The van der Waals surface area contributed by atoms with Crippen LogP contribution in [0, 0.1) is 6.92 Å². The molecule has 1 aliphatic rings. The van der Waals surface area contributed by atoms with E-state index in [1.165, 1.54) is 0 Å². The van der Waals surface area contributed by atoms with Crippen molar-refractivity contribution < 1.29 is 12.8 Å². The molecule has 0 saturated heterocycles. The Labute approximate surface area is 136 Å². The van der Waals surface area contributed by atoms with Gasteiger partial charge in [0.25, 0.3) is 0 Å². The van der Waals surface area contributed by atoms with Crippen LogP contribution in [0.25, 0.3) is 21.7 Å². The highest BCUT2D eigenvalue weighted by atomic mass is 32.2. The van der Waals surface area contributed by atoms with Crippen LogP contribution >= 0.6 is 0 Å². The van der Waals surface area contributed by atoms with Gasteiger partial charge in [-0.3, -0.25) is 0 Å². The molecule has 3 aromatic rings. The number of aryl methyl sites for hydroxylation is 1. The summed E-state index contributed by atoms with van der Waals surface area (Å²) < 4.78 is 32.3. The Balaban J connectivity index is 2.02. The largest absolute Gasteiger partial charge is 0.460 e. The van der Waals surface area contributed by atoms with Gasteiger partial charge in [0, 0.05) is 5.39 Å². The number of rotatable bonds is 2. The molecule has 23 heavy (non-hydrogen) atoms. The molecule has 1 aromatic heterocycles. The van der Waals surface area contributed by atoms with Crippen molar-refractivity contribution in [2.24, 2.45) is 0 Å². The second-order valence-electron chi connectivity index (χ2n) is 6.45. The predicted molar refractivity (Wildman–Crippen MR) is 92.5 cm³/mol. The van der Waals surface area contributed by atoms with Crippen LogP contribution in [0.1, 0.15) is 37.9 Å². The Morgan fingerprint density at radius 3 is 2.52 bits per heavy atom. The first-order valence-corrected chi connectivity index (χ1v) is 9.78. The van der Waals surface area contributed by atoms with Crippen LogP contribution in [0.2, 0.25) is 0 Å². The average molecular weight is 328 g/mol. The van der Waals surface area contributed by atoms with Gasteiger partial charge in [-0.2, -0.15) is 0 Å². The van der Waals surface area contributed by atoms with Crippen molar-refractivity contribution in [3.05, 3.63) is 42.2 Å². The van der Waals surface area contributed by atoms with Gasteiger partial charge in [0.15, 0.2) is 9.84 Å². The zero-order valence-electron chi connectivity index (χ0n) is 13.2. The van der Waals surface area contributed by atoms with E-state index in [9.17, 15) is 8.42 Å². The van der Waals surface area contributed by atoms with Crippen LogP contribution in [0.15, 0.2) is 45.7 Å². The molecule has 1 saturated carbocycles. The molecule has 4 heteroatoms. The molecule has 4 rings (SSSR count). The average Bonchev–Trinajstić information content (AvgIpc) is 2.93. The zero-order chi connectivity index (χ0) is 16.0. The Morgan fingerprint density at radius 2 is 1.74 bits per heavy atom. The molecule has 0 N–H and O–H groups in total. The van der Waals surface area contributed by atoms with E-state index in [0.717, 1.165) is 48.3 Å². The molecule has 2 aromatic carbocycles. The number of fused-ring (bicyclic) bond motifs is 3. The van der Waals surface area contributed by atoms with Gasteiger partial charge >= 0.3 is 0 Å². The van der Waals surface area contributed by atoms with Crippen molar-refractivity contribution >= 4 is 31.6 Å². The summed E-state index contributed by atoms with van der Waals surface area (Å²) in [6, 6.07) is 11.8. The Hall–Kier alpha value is -1.81. The molecule has 0 bridgehead atoms. The van der Waals surface area contributed by atoms with Gasteiger partial charge in [0.1, 0.15) is 16.2 Å². The SMILES string of the molecule is Cc1oc2ccc3ccccc3c2c1S(=O)(=O)C1CCCCC1. The Kier molecular flexibility index (Phi) is 3.45. The van der Waals surface area contributed by atoms with Crippen LogP contribution in [-0.2, 0) is 9.84 Å². The summed E-state index contributed by atoms with van der Waals surface area (Å²) in [6.07, 6.45) is 4.66. The lowest BCUT2D eigenvalue weighted by atomic mass is 10.0. The molecule has 0 amide bonds. The number of hydrogen-bond donors (Lipinski definition) is 0. The first-order valence-electron chi connectivity index (χ1n) is 8.24. The Bertz CT molecular complexity index is 976. The topological polar surface area (TPSA) is 47.3 Å². The van der Waals surface area contributed by atoms with Gasteiger partial charge in [-0.1, -0.05) is 49.6 Å². The van der Waals surface area contributed by atoms with Crippen molar-refractivity contribution in [2.45, 2.75) is 49.2 Å². The van der Waals surface area contributed by atoms with E-state index in [1.807, 2.05) is 36.4 Å². The first kappa shape index (κ1) is 14.8. The third-order valence-electron chi connectivity index (χ3n) is 4.98. The summed E-state index contributed by atoms with van der Waals surface area (Å²) in [5.41, 5.74) is 0.663. The van der Waals surface area contributed by atoms with Gasteiger partial charge in [-0.15, -0.1) is 0 Å². The number of sulfone groups is 1. The molecular formula is C19H20O3S. The molecular weight excluding hydrogens is 308 g/mol. The lowest BCUT2D eigenvalue weighted by Gasteiger charge is -2.21. The van der Waals surface area contributed by atoms with Crippen molar-refractivity contribution in [2.75, 3.05) is 0 Å². The fourth-order valence-corrected chi connectivity index (χ4v) is 6.07. The van der Waals surface area contributed by atoms with Crippen molar-refractivity contribution in [3.8, 4) is 0 Å². The van der Waals surface area contributed by atoms with Crippen LogP contribution in [0.5, 0.6) is 0 Å². The highest BCUT2D eigenvalue weighted by molar-refractivity contribution is 7.92. The molecule has 0 unspecified atom stereocenters. The maximum Gasteiger partial charge on any atom is 0.185 e. The van der Waals surface area contributed by atoms with Crippen LogP contribution < -0.4 is 0 Å². The van der Waals surface area contributed by atoms with Crippen LogP contribution in [0.4, 0.5) is 0 Å². The van der Waals surface area contributed by atoms with Gasteiger partial charge in [0.05, 0.1) is 5.25 Å². The lowest BCUT2D eigenvalue weighted by molar-refractivity contribution is 0.481. The monoisotopic (exact) mass is 328 g/mol. The summed E-state index contributed by atoms with van der Waals surface area (Å²) in [5.74, 6) is 0.516. The zero-order valence-corrected chi connectivity index (χ0v) is 14.0. The first-order chi connectivity index (χ1) is 11.1. The normalized spacial score (nSPS) is 17.1. The predicted octanol–water partition coefficient (Wildman–Crippen LogP) is 5.00. The maximum atomic E-state index is 13.3. The van der Waals surface area contributed by atoms with E-state index in [4.69, 9.17) is 4.42 Å². The maximum absolute atomic E-state index is 13.3. The van der Waals surface area contributed by atoms with Crippen LogP contribution in [0.3, 0.4) is 0 Å². The molecule has 120 valence electrons. The van der Waals surface area contributed by atoms with Gasteiger partial charge in [0.2, 0.25) is 0 Å². The fourth-order valence-electron chi connectivity index (χ4n) is 3.84. The second kappa shape index (κ2) is 5.38. The molecule has 0 spiro atoms. The molecule has 0 aliphatic heterocycles. The molecule has 3 nitrogen and oxygen atoms in total. The summed E-state index contributed by atoms with van der Waals surface area (Å²) >= 11 is 0. The minimum Gasteiger partial charge on any atom is -0.460 e. The molecule has 1 aliphatic carbocycles. The smallest absolute Gasteiger partial charge is 0.185 e. The fraction of sp³-hybridized carbons (Fsp3) is 0.368. The van der Waals surface area contributed by atoms with Gasteiger partial charge in [-0.25, -0.2) is 8.42 Å². The molecule has 1 fully saturated rings. The van der Waals surface area contributed by atoms with E-state index < -0.39 is 9.84 Å². The second-order valence-corrected chi connectivity index (χ2v) is 8.62. The van der Waals surface area contributed by atoms with E-state index in [2.05, 4.69) is 0 Å². The number of benzene rings is 2. The number of furan rings is 1. The summed E-state index contributed by atoms with van der Waals surface area (Å²) in [4.78, 5) is 0.413. The molecule has 0 atom stereocenters. The Morgan fingerprint density at radius 1 is 1.00 bits per heavy atom. The quantitative estimate of drug-likeness (QED) is 0.665. The molecule has 1 heterocycles. The third kappa shape index (κ3) is 2.27. The van der Waals surface area contributed by atoms with Crippen molar-refractivity contribution in [3.63, 3.8) is 0 Å². The van der Waals surface area contributed by atoms with E-state index >= 15 is 0 Å². The number of hydrogen-bond acceptors (Lipinski definition) is 3. The van der Waals surface area contributed by atoms with Crippen molar-refractivity contribution in [1.82, 2.24) is 0 Å². The van der Waals surface area contributed by atoms with E-state index in [0.29, 0.717) is 16.2 Å². The lowest BCUT2D eigenvalue weighted by Crippen LogP contribution is -2.24. The van der Waals surface area contributed by atoms with E-state index in [1.54, 1.807) is 6.92 Å². The summed E-state index contributed by atoms with van der Waals surface area (Å²) in [6.45, 7) is 1.77. The van der Waals surface area contributed by atoms with Crippen LogP contribution in [-0.4, -0.2) is 13.7 Å². The minimum absolute atomic E-state index is 0.269. The van der Waals surface area contributed by atoms with E-state index in [-0.39, 0.29) is 5.25 Å². The third-order valence-corrected chi connectivity index (χ3v) is 7.39. The standard InChI is InChI=1S/C19H20O3S/c1-13-19(23(20,21)15-8-3-2-4-9-15)18-16-10-6-5-7-14(16)11-12-17(18)22-13/h5-7,10-12,15H,2-4,8-9H2,1H3. The summed E-state index contributed by atoms with van der Waals surface area (Å²) in [5, 5.41) is 2.48. The van der Waals surface area contributed by atoms with Crippen molar-refractivity contribution in [1.29, 1.82) is 0 Å².